The normalized spacial score (nSPS) is 37.0. The van der Waals surface area contributed by atoms with Crippen LogP contribution in [0.3, 0.4) is 0 Å². The lowest BCUT2D eigenvalue weighted by Gasteiger charge is -2.23. The SMILES string of the molecule is O=C(O)[C@@H]1CN(C2CCCC2)C[C@H]1C1CC1. The first-order chi connectivity index (χ1) is 7.75. The van der Waals surface area contributed by atoms with E-state index in [1.165, 1.54) is 38.5 Å². The van der Waals surface area contributed by atoms with Crippen LogP contribution >= 0.6 is 0 Å². The summed E-state index contributed by atoms with van der Waals surface area (Å²) in [5, 5.41) is 9.29. The van der Waals surface area contributed by atoms with Crippen molar-refractivity contribution in [3.05, 3.63) is 0 Å². The zero-order valence-electron chi connectivity index (χ0n) is 9.77. The number of hydrogen-bond acceptors (Lipinski definition) is 2. The molecule has 0 aromatic rings. The van der Waals surface area contributed by atoms with Gasteiger partial charge in [-0.1, -0.05) is 12.8 Å². The fourth-order valence-electron chi connectivity index (χ4n) is 3.69. The number of nitrogens with zero attached hydrogens (tertiary/aromatic N) is 1. The first-order valence-electron chi connectivity index (χ1n) is 6.72. The lowest BCUT2D eigenvalue weighted by molar-refractivity contribution is -0.142. The van der Waals surface area contributed by atoms with Gasteiger partial charge in [-0.25, -0.2) is 0 Å². The van der Waals surface area contributed by atoms with Gasteiger partial charge >= 0.3 is 5.97 Å². The molecule has 0 bridgehead atoms. The Bertz CT molecular complexity index is 282. The first kappa shape index (κ1) is 10.6. The van der Waals surface area contributed by atoms with Gasteiger partial charge in [0.1, 0.15) is 0 Å². The lowest BCUT2D eigenvalue weighted by Crippen LogP contribution is -2.32. The third-order valence-corrected chi connectivity index (χ3v) is 4.78. The average molecular weight is 223 g/mol. The molecule has 3 heteroatoms. The highest BCUT2D eigenvalue weighted by Gasteiger charge is 2.47. The van der Waals surface area contributed by atoms with E-state index in [2.05, 4.69) is 4.90 Å². The second kappa shape index (κ2) is 4.02. The van der Waals surface area contributed by atoms with Crippen molar-refractivity contribution in [2.75, 3.05) is 13.1 Å². The summed E-state index contributed by atoms with van der Waals surface area (Å²) in [6.07, 6.45) is 7.81. The van der Waals surface area contributed by atoms with Crippen LogP contribution in [0, 0.1) is 17.8 Å². The van der Waals surface area contributed by atoms with Crippen molar-refractivity contribution < 1.29 is 9.90 Å². The Kier molecular flexibility index (Phi) is 2.66. The van der Waals surface area contributed by atoms with Crippen LogP contribution in [-0.2, 0) is 4.79 Å². The second-order valence-corrected chi connectivity index (χ2v) is 5.84. The van der Waals surface area contributed by atoms with Gasteiger partial charge in [0.05, 0.1) is 5.92 Å². The largest absolute Gasteiger partial charge is 0.481 e. The van der Waals surface area contributed by atoms with Crippen LogP contribution in [0.5, 0.6) is 0 Å². The first-order valence-corrected chi connectivity index (χ1v) is 6.72. The summed E-state index contributed by atoms with van der Waals surface area (Å²) in [7, 11) is 0. The maximum absolute atomic E-state index is 11.3. The summed E-state index contributed by atoms with van der Waals surface area (Å²) >= 11 is 0. The topological polar surface area (TPSA) is 40.5 Å². The predicted octanol–water partition coefficient (Wildman–Crippen LogP) is 1.97. The highest BCUT2D eigenvalue weighted by atomic mass is 16.4. The Hall–Kier alpha value is -0.570. The van der Waals surface area contributed by atoms with Gasteiger partial charge in [-0.3, -0.25) is 9.69 Å². The molecular weight excluding hydrogens is 202 g/mol. The number of hydrogen-bond donors (Lipinski definition) is 1. The van der Waals surface area contributed by atoms with E-state index in [9.17, 15) is 9.90 Å². The maximum Gasteiger partial charge on any atom is 0.308 e. The maximum atomic E-state index is 11.3. The number of carbonyl (C=O) groups is 1. The van der Waals surface area contributed by atoms with Crippen molar-refractivity contribution in [2.45, 2.75) is 44.6 Å². The summed E-state index contributed by atoms with van der Waals surface area (Å²) < 4.78 is 0. The number of carboxylic acids is 1. The van der Waals surface area contributed by atoms with Crippen LogP contribution in [0.25, 0.3) is 0 Å². The molecule has 2 atom stereocenters. The van der Waals surface area contributed by atoms with Crippen LogP contribution in [0.2, 0.25) is 0 Å². The summed E-state index contributed by atoms with van der Waals surface area (Å²) in [6.45, 7) is 1.88. The van der Waals surface area contributed by atoms with E-state index in [-0.39, 0.29) is 5.92 Å². The fourth-order valence-corrected chi connectivity index (χ4v) is 3.69. The molecule has 0 aromatic carbocycles. The summed E-state index contributed by atoms with van der Waals surface area (Å²) in [4.78, 5) is 13.8. The quantitative estimate of drug-likeness (QED) is 0.795. The van der Waals surface area contributed by atoms with Crippen LogP contribution in [0.15, 0.2) is 0 Å². The van der Waals surface area contributed by atoms with Crippen LogP contribution in [-0.4, -0.2) is 35.1 Å². The minimum Gasteiger partial charge on any atom is -0.481 e. The number of aliphatic carboxylic acids is 1. The minimum atomic E-state index is -0.558. The molecule has 0 amide bonds. The molecule has 3 nitrogen and oxygen atoms in total. The van der Waals surface area contributed by atoms with Crippen LogP contribution in [0.1, 0.15) is 38.5 Å². The summed E-state index contributed by atoms with van der Waals surface area (Å²) in [5.74, 6) is 0.552. The van der Waals surface area contributed by atoms with E-state index >= 15 is 0 Å². The molecular formula is C13H21NO2. The average Bonchev–Trinajstić information content (AvgIpc) is 2.83. The molecule has 1 N–H and O–H groups in total. The zero-order valence-corrected chi connectivity index (χ0v) is 9.77. The van der Waals surface area contributed by atoms with Crippen molar-refractivity contribution in [3.63, 3.8) is 0 Å². The molecule has 3 rings (SSSR count). The Morgan fingerprint density at radius 2 is 1.75 bits per heavy atom. The number of rotatable bonds is 3. The minimum absolute atomic E-state index is 0.0758. The zero-order chi connectivity index (χ0) is 11.1. The molecule has 1 heterocycles. The van der Waals surface area contributed by atoms with Gasteiger partial charge in [-0.05, 0) is 37.5 Å². The van der Waals surface area contributed by atoms with Gasteiger partial charge in [0.25, 0.3) is 0 Å². The molecule has 3 fully saturated rings. The molecule has 2 aliphatic carbocycles. The molecule has 0 unspecified atom stereocenters. The molecule has 2 saturated carbocycles. The van der Waals surface area contributed by atoms with Gasteiger partial charge in [0.15, 0.2) is 0 Å². The van der Waals surface area contributed by atoms with Crippen molar-refractivity contribution in [1.82, 2.24) is 4.90 Å². The Labute approximate surface area is 96.8 Å². The molecule has 0 spiro atoms. The molecule has 16 heavy (non-hydrogen) atoms. The third kappa shape index (κ3) is 1.86. The third-order valence-electron chi connectivity index (χ3n) is 4.78. The number of carboxylic acid groups (broad SMARTS) is 1. The van der Waals surface area contributed by atoms with Gasteiger partial charge < -0.3 is 5.11 Å². The van der Waals surface area contributed by atoms with E-state index < -0.39 is 5.97 Å². The molecule has 90 valence electrons. The standard InChI is InChI=1S/C13H21NO2/c15-13(16)12-8-14(10-3-1-2-4-10)7-11(12)9-5-6-9/h9-12H,1-8H2,(H,15,16)/t11-,12+/m0/s1. The monoisotopic (exact) mass is 223 g/mol. The van der Waals surface area contributed by atoms with Crippen molar-refractivity contribution in [2.24, 2.45) is 17.8 Å². The highest BCUT2D eigenvalue weighted by molar-refractivity contribution is 5.71. The van der Waals surface area contributed by atoms with Crippen molar-refractivity contribution >= 4 is 5.97 Å². The fraction of sp³-hybridized carbons (Fsp3) is 0.923. The van der Waals surface area contributed by atoms with E-state index in [0.717, 1.165) is 19.0 Å². The molecule has 0 aromatic heterocycles. The van der Waals surface area contributed by atoms with Gasteiger partial charge in [-0.15, -0.1) is 0 Å². The van der Waals surface area contributed by atoms with E-state index in [4.69, 9.17) is 0 Å². The van der Waals surface area contributed by atoms with Crippen molar-refractivity contribution in [1.29, 1.82) is 0 Å². The van der Waals surface area contributed by atoms with E-state index in [1.807, 2.05) is 0 Å². The Balaban J connectivity index is 1.68. The van der Waals surface area contributed by atoms with Gasteiger partial charge in [0, 0.05) is 19.1 Å². The van der Waals surface area contributed by atoms with Crippen LogP contribution < -0.4 is 0 Å². The number of likely N-dealkylation sites (tertiary alicyclic amines) is 1. The van der Waals surface area contributed by atoms with E-state index in [1.54, 1.807) is 0 Å². The van der Waals surface area contributed by atoms with E-state index in [0.29, 0.717) is 12.0 Å². The Morgan fingerprint density at radius 3 is 2.31 bits per heavy atom. The highest BCUT2D eigenvalue weighted by Crippen LogP contribution is 2.45. The smallest absolute Gasteiger partial charge is 0.308 e. The molecule has 1 saturated heterocycles. The van der Waals surface area contributed by atoms with Gasteiger partial charge in [0.2, 0.25) is 0 Å². The summed E-state index contributed by atoms with van der Waals surface area (Å²) in [6, 6.07) is 0.700. The van der Waals surface area contributed by atoms with Gasteiger partial charge in [-0.2, -0.15) is 0 Å². The van der Waals surface area contributed by atoms with Crippen LogP contribution in [0.4, 0.5) is 0 Å². The molecule has 0 radical (unpaired) electrons. The van der Waals surface area contributed by atoms with Crippen molar-refractivity contribution in [3.8, 4) is 0 Å². The summed E-state index contributed by atoms with van der Waals surface area (Å²) in [5.41, 5.74) is 0. The molecule has 1 aliphatic heterocycles. The molecule has 3 aliphatic rings. The second-order valence-electron chi connectivity index (χ2n) is 5.84. The lowest BCUT2D eigenvalue weighted by atomic mass is 9.92. The predicted molar refractivity (Wildman–Crippen MR) is 61.2 cm³/mol. The Morgan fingerprint density at radius 1 is 1.06 bits per heavy atom.